The number of esters is 1. The summed E-state index contributed by atoms with van der Waals surface area (Å²) in [5.41, 5.74) is 0. The Morgan fingerprint density at radius 2 is 1.29 bits per heavy atom. The van der Waals surface area contributed by atoms with Gasteiger partial charge in [0.15, 0.2) is 6.10 Å². The van der Waals surface area contributed by atoms with E-state index in [0.29, 0.717) is 26.2 Å². The standard InChI is InChI=1S/C36H70BNO7/c1-7-8-9-10-11-12-13-14-15-16-17-18-21-24-32(39)44-30(6)36(40)38-25-22-19-20-23-26-41-34-33(43-29(4)5)31(45-35(34)37)27-42-28(2)3/h28-31,33-35H,7-27,37H2,1-6H3,(H,38,40)/t30?,31-,33?,34?,35-/m1/s1. The Morgan fingerprint density at radius 3 is 1.87 bits per heavy atom. The van der Waals surface area contributed by atoms with Crippen molar-refractivity contribution in [1.82, 2.24) is 5.32 Å². The van der Waals surface area contributed by atoms with Crippen molar-refractivity contribution in [3.63, 3.8) is 0 Å². The molecule has 1 amide bonds. The fourth-order valence-corrected chi connectivity index (χ4v) is 5.79. The van der Waals surface area contributed by atoms with Crippen LogP contribution in [0.2, 0.25) is 0 Å². The van der Waals surface area contributed by atoms with E-state index in [1.165, 1.54) is 70.6 Å². The molecule has 0 spiro atoms. The summed E-state index contributed by atoms with van der Waals surface area (Å²) in [5, 5.41) is 2.90. The summed E-state index contributed by atoms with van der Waals surface area (Å²) in [4.78, 5) is 24.5. The molecule has 0 bridgehead atoms. The molecule has 0 aromatic heterocycles. The van der Waals surface area contributed by atoms with Crippen LogP contribution < -0.4 is 5.32 Å². The van der Waals surface area contributed by atoms with Crippen LogP contribution in [0.1, 0.15) is 157 Å². The number of nitrogens with one attached hydrogen (secondary N) is 1. The lowest BCUT2D eigenvalue weighted by atomic mass is 9.92. The number of carbonyl (C=O) groups excluding carboxylic acids is 2. The minimum Gasteiger partial charge on any atom is -0.453 e. The molecule has 1 rings (SSSR count). The van der Waals surface area contributed by atoms with Crippen LogP contribution in [0.25, 0.3) is 0 Å². The van der Waals surface area contributed by atoms with Gasteiger partial charge in [-0.1, -0.05) is 96.8 Å². The van der Waals surface area contributed by atoms with Crippen molar-refractivity contribution >= 4 is 19.7 Å². The number of hydrogen-bond acceptors (Lipinski definition) is 7. The minimum absolute atomic E-state index is 0.0461. The predicted octanol–water partition coefficient (Wildman–Crippen LogP) is 7.04. The maximum Gasteiger partial charge on any atom is 0.306 e. The van der Waals surface area contributed by atoms with Crippen LogP contribution in [0.3, 0.4) is 0 Å². The number of amides is 1. The molecule has 1 saturated heterocycles. The van der Waals surface area contributed by atoms with Gasteiger partial charge in [-0.2, -0.15) is 0 Å². The second-order valence-electron chi connectivity index (χ2n) is 13.6. The maximum absolute atomic E-state index is 12.4. The van der Waals surface area contributed by atoms with Gasteiger partial charge in [0.1, 0.15) is 26.2 Å². The van der Waals surface area contributed by atoms with Crippen LogP contribution in [-0.2, 0) is 33.3 Å². The summed E-state index contributed by atoms with van der Waals surface area (Å²) in [7, 11) is 2.04. The van der Waals surface area contributed by atoms with Crippen LogP contribution in [0.5, 0.6) is 0 Å². The molecule has 0 aromatic carbocycles. The van der Waals surface area contributed by atoms with E-state index >= 15 is 0 Å². The molecule has 1 aliphatic rings. The van der Waals surface area contributed by atoms with Gasteiger partial charge in [0.2, 0.25) is 0 Å². The molecule has 0 radical (unpaired) electrons. The normalized spacial score (nSPS) is 20.6. The summed E-state index contributed by atoms with van der Waals surface area (Å²) in [6.07, 6.45) is 19.8. The molecule has 5 atom stereocenters. The first kappa shape index (κ1) is 41.9. The van der Waals surface area contributed by atoms with Gasteiger partial charge in [-0.05, 0) is 53.9 Å². The van der Waals surface area contributed by atoms with E-state index in [1.807, 2.05) is 35.5 Å². The first-order valence-corrected chi connectivity index (χ1v) is 18.7. The second-order valence-corrected chi connectivity index (χ2v) is 13.6. The fraction of sp³-hybridized carbons (Fsp3) is 0.944. The fourth-order valence-electron chi connectivity index (χ4n) is 5.79. The molecule has 0 aliphatic carbocycles. The zero-order valence-electron chi connectivity index (χ0n) is 30.2. The van der Waals surface area contributed by atoms with Crippen LogP contribution in [-0.4, -0.2) is 82.1 Å². The zero-order valence-corrected chi connectivity index (χ0v) is 30.2. The molecule has 45 heavy (non-hydrogen) atoms. The summed E-state index contributed by atoms with van der Waals surface area (Å²) >= 11 is 0. The molecule has 3 unspecified atom stereocenters. The first-order chi connectivity index (χ1) is 21.6. The monoisotopic (exact) mass is 640 g/mol. The molecule has 1 fully saturated rings. The molecular formula is C36H70BNO7. The summed E-state index contributed by atoms with van der Waals surface area (Å²) in [6, 6.07) is -0.0461. The lowest BCUT2D eigenvalue weighted by Gasteiger charge is -2.26. The Bertz CT molecular complexity index is 738. The Balaban J connectivity index is 2.04. The van der Waals surface area contributed by atoms with Gasteiger partial charge < -0.3 is 29.0 Å². The van der Waals surface area contributed by atoms with Crippen LogP contribution in [0.4, 0.5) is 0 Å². The van der Waals surface area contributed by atoms with Gasteiger partial charge >= 0.3 is 5.97 Å². The van der Waals surface area contributed by atoms with Crippen molar-refractivity contribution in [1.29, 1.82) is 0 Å². The van der Waals surface area contributed by atoms with Gasteiger partial charge in [0.05, 0.1) is 24.8 Å². The van der Waals surface area contributed by atoms with Gasteiger partial charge in [-0.3, -0.25) is 9.59 Å². The van der Waals surface area contributed by atoms with Crippen LogP contribution in [0.15, 0.2) is 0 Å². The highest BCUT2D eigenvalue weighted by Crippen LogP contribution is 2.27. The smallest absolute Gasteiger partial charge is 0.306 e. The summed E-state index contributed by atoms with van der Waals surface area (Å²) in [6.45, 7) is 13.7. The summed E-state index contributed by atoms with van der Waals surface area (Å²) in [5.74, 6) is -0.498. The lowest BCUT2D eigenvalue weighted by Crippen LogP contribution is -2.41. The molecule has 9 heteroatoms. The highest BCUT2D eigenvalue weighted by molar-refractivity contribution is 6.11. The van der Waals surface area contributed by atoms with Gasteiger partial charge in [-0.15, -0.1) is 0 Å². The molecular weight excluding hydrogens is 569 g/mol. The molecule has 1 heterocycles. The Kier molecular flexibility index (Phi) is 25.0. The van der Waals surface area contributed by atoms with Crippen molar-refractivity contribution in [3.05, 3.63) is 0 Å². The Labute approximate surface area is 277 Å². The van der Waals surface area contributed by atoms with E-state index in [9.17, 15) is 9.59 Å². The van der Waals surface area contributed by atoms with Crippen molar-refractivity contribution in [2.45, 2.75) is 200 Å². The first-order valence-electron chi connectivity index (χ1n) is 18.7. The van der Waals surface area contributed by atoms with Crippen molar-refractivity contribution in [2.24, 2.45) is 0 Å². The average molecular weight is 640 g/mol. The highest BCUT2D eigenvalue weighted by atomic mass is 16.6. The second kappa shape index (κ2) is 26.9. The van der Waals surface area contributed by atoms with E-state index in [-0.39, 0.29) is 48.4 Å². The largest absolute Gasteiger partial charge is 0.453 e. The quantitative estimate of drug-likeness (QED) is 0.0533. The number of unbranched alkanes of at least 4 members (excludes halogenated alkanes) is 15. The third-order valence-corrected chi connectivity index (χ3v) is 8.41. The van der Waals surface area contributed by atoms with Crippen molar-refractivity contribution in [2.75, 3.05) is 19.8 Å². The van der Waals surface area contributed by atoms with Crippen molar-refractivity contribution in [3.8, 4) is 0 Å². The Morgan fingerprint density at radius 1 is 0.733 bits per heavy atom. The molecule has 1 N–H and O–H groups in total. The number of hydrogen-bond donors (Lipinski definition) is 1. The SMILES string of the molecule is B[C@@H]1O[C@H](COC(C)C)C(OC(C)C)C1OCCCCCCNC(=O)C(C)OC(=O)CCCCCCCCCCCCCCC. The van der Waals surface area contributed by atoms with E-state index in [2.05, 4.69) is 12.2 Å². The number of ether oxygens (including phenoxy) is 5. The molecule has 1 aliphatic heterocycles. The summed E-state index contributed by atoms with van der Waals surface area (Å²) < 4.78 is 29.7. The highest BCUT2D eigenvalue weighted by Gasteiger charge is 2.44. The zero-order chi connectivity index (χ0) is 33.3. The average Bonchev–Trinajstić information content (AvgIpc) is 3.28. The molecule has 8 nitrogen and oxygen atoms in total. The van der Waals surface area contributed by atoms with E-state index < -0.39 is 6.10 Å². The number of carbonyl (C=O) groups is 2. The van der Waals surface area contributed by atoms with Crippen molar-refractivity contribution < 1.29 is 33.3 Å². The Hall–Kier alpha value is -1.16. The molecule has 0 aromatic rings. The maximum atomic E-state index is 12.4. The third kappa shape index (κ3) is 21.4. The van der Waals surface area contributed by atoms with Gasteiger partial charge in [0, 0.05) is 19.6 Å². The lowest BCUT2D eigenvalue weighted by molar-refractivity contribution is -0.154. The van der Waals surface area contributed by atoms with E-state index in [4.69, 9.17) is 23.7 Å². The predicted molar refractivity (Wildman–Crippen MR) is 185 cm³/mol. The van der Waals surface area contributed by atoms with E-state index in [0.717, 1.165) is 38.5 Å². The molecule has 0 saturated carbocycles. The molecule has 264 valence electrons. The van der Waals surface area contributed by atoms with Gasteiger partial charge in [-0.25, -0.2) is 0 Å². The third-order valence-electron chi connectivity index (χ3n) is 8.41. The minimum atomic E-state index is -0.751. The van der Waals surface area contributed by atoms with E-state index in [1.54, 1.807) is 6.92 Å². The van der Waals surface area contributed by atoms with Crippen LogP contribution >= 0.6 is 0 Å². The van der Waals surface area contributed by atoms with Gasteiger partial charge in [0.25, 0.3) is 5.91 Å². The number of rotatable bonds is 29. The van der Waals surface area contributed by atoms with Crippen LogP contribution in [0, 0.1) is 0 Å². The topological polar surface area (TPSA) is 92.3 Å².